The fraction of sp³-hybridized carbons (Fsp3) is 0.571. The van der Waals surface area contributed by atoms with Gasteiger partial charge < -0.3 is 10.6 Å². The van der Waals surface area contributed by atoms with E-state index >= 15 is 0 Å². The number of nitrogens with one attached hydrogen (secondary N) is 2. The molecule has 0 heterocycles. The summed E-state index contributed by atoms with van der Waals surface area (Å²) in [5, 5.41) is 7.63. The second-order valence-corrected chi connectivity index (χ2v) is 5.22. The van der Waals surface area contributed by atoms with Gasteiger partial charge in [0.25, 0.3) is 0 Å². The summed E-state index contributed by atoms with van der Waals surface area (Å²) in [7, 11) is 0. The van der Waals surface area contributed by atoms with Crippen LogP contribution in [0.3, 0.4) is 0 Å². The van der Waals surface area contributed by atoms with Crippen LogP contribution < -0.4 is 10.6 Å². The van der Waals surface area contributed by atoms with Gasteiger partial charge in [-0.2, -0.15) is 0 Å². The molecule has 0 saturated heterocycles. The van der Waals surface area contributed by atoms with Gasteiger partial charge in [0, 0.05) is 6.54 Å². The SMILES string of the molecule is Cc1cccc(Cl)c1NCCCNCC(C)C. The standard InChI is InChI=1S/C14H23ClN2/c1-11(2)10-16-8-5-9-17-14-12(3)6-4-7-13(14)15/h4,6-7,11,16-17H,5,8-10H2,1-3H3. The Morgan fingerprint density at radius 1 is 1.24 bits per heavy atom. The average Bonchev–Trinajstić information content (AvgIpc) is 2.26. The number of aryl methyl sites for hydroxylation is 1. The maximum Gasteiger partial charge on any atom is 0.0640 e. The molecule has 0 amide bonds. The molecule has 0 unspecified atom stereocenters. The van der Waals surface area contributed by atoms with Gasteiger partial charge in [-0.15, -0.1) is 0 Å². The highest BCUT2D eigenvalue weighted by Crippen LogP contribution is 2.24. The Balaban J connectivity index is 2.22. The van der Waals surface area contributed by atoms with E-state index in [0.717, 1.165) is 36.8 Å². The maximum atomic E-state index is 6.13. The van der Waals surface area contributed by atoms with Crippen LogP contribution in [0.4, 0.5) is 5.69 Å². The number of hydrogen-bond acceptors (Lipinski definition) is 2. The number of halogens is 1. The van der Waals surface area contributed by atoms with Gasteiger partial charge >= 0.3 is 0 Å². The van der Waals surface area contributed by atoms with Crippen LogP contribution in [0.5, 0.6) is 0 Å². The molecular weight excluding hydrogens is 232 g/mol. The number of hydrogen-bond donors (Lipinski definition) is 2. The summed E-state index contributed by atoms with van der Waals surface area (Å²) in [5.74, 6) is 0.716. The summed E-state index contributed by atoms with van der Waals surface area (Å²) < 4.78 is 0. The molecule has 0 spiro atoms. The minimum Gasteiger partial charge on any atom is -0.384 e. The van der Waals surface area contributed by atoms with Crippen molar-refractivity contribution in [3.63, 3.8) is 0 Å². The Hall–Kier alpha value is -0.730. The second-order valence-electron chi connectivity index (χ2n) is 4.81. The first-order chi connectivity index (χ1) is 8.11. The molecule has 96 valence electrons. The number of anilines is 1. The first-order valence-corrected chi connectivity index (χ1v) is 6.68. The van der Waals surface area contributed by atoms with Crippen molar-refractivity contribution in [3.05, 3.63) is 28.8 Å². The fourth-order valence-electron chi connectivity index (χ4n) is 1.67. The maximum absolute atomic E-state index is 6.13. The van der Waals surface area contributed by atoms with Gasteiger partial charge in [-0.1, -0.05) is 37.6 Å². The van der Waals surface area contributed by atoms with Crippen molar-refractivity contribution in [2.75, 3.05) is 25.0 Å². The Labute approximate surface area is 110 Å². The molecular formula is C14H23ClN2. The summed E-state index contributed by atoms with van der Waals surface area (Å²) >= 11 is 6.13. The molecule has 0 saturated carbocycles. The number of rotatable bonds is 7. The molecule has 0 fully saturated rings. The van der Waals surface area contributed by atoms with Crippen LogP contribution in [0, 0.1) is 12.8 Å². The fourth-order valence-corrected chi connectivity index (χ4v) is 1.96. The van der Waals surface area contributed by atoms with Crippen molar-refractivity contribution < 1.29 is 0 Å². The van der Waals surface area contributed by atoms with Crippen LogP contribution in [-0.2, 0) is 0 Å². The normalized spacial score (nSPS) is 10.9. The van der Waals surface area contributed by atoms with E-state index in [9.17, 15) is 0 Å². The third-order valence-electron chi connectivity index (χ3n) is 2.61. The highest BCUT2D eigenvalue weighted by Gasteiger charge is 2.01. The molecule has 0 aromatic heterocycles. The van der Waals surface area contributed by atoms with E-state index in [1.807, 2.05) is 12.1 Å². The van der Waals surface area contributed by atoms with Crippen LogP contribution in [0.25, 0.3) is 0 Å². The smallest absolute Gasteiger partial charge is 0.0640 e. The lowest BCUT2D eigenvalue weighted by Crippen LogP contribution is -2.22. The minimum absolute atomic E-state index is 0.716. The van der Waals surface area contributed by atoms with Gasteiger partial charge in [0.1, 0.15) is 0 Å². The van der Waals surface area contributed by atoms with Gasteiger partial charge in [0.05, 0.1) is 10.7 Å². The molecule has 0 atom stereocenters. The Bertz CT molecular complexity index is 317. The summed E-state index contributed by atoms with van der Waals surface area (Å²) in [5.41, 5.74) is 2.27. The lowest BCUT2D eigenvalue weighted by atomic mass is 10.2. The molecule has 1 rings (SSSR count). The van der Waals surface area contributed by atoms with Crippen molar-refractivity contribution in [2.24, 2.45) is 5.92 Å². The average molecular weight is 255 g/mol. The molecule has 3 heteroatoms. The molecule has 0 radical (unpaired) electrons. The van der Waals surface area contributed by atoms with E-state index in [2.05, 4.69) is 37.5 Å². The van der Waals surface area contributed by atoms with E-state index in [1.54, 1.807) is 0 Å². The number of para-hydroxylation sites is 1. The molecule has 0 aliphatic heterocycles. The van der Waals surface area contributed by atoms with Crippen molar-refractivity contribution >= 4 is 17.3 Å². The predicted molar refractivity (Wildman–Crippen MR) is 77.0 cm³/mol. The van der Waals surface area contributed by atoms with Crippen LogP contribution in [0.1, 0.15) is 25.8 Å². The van der Waals surface area contributed by atoms with Gasteiger partial charge in [0.15, 0.2) is 0 Å². The molecule has 1 aromatic rings. The predicted octanol–water partition coefficient (Wildman–Crippen LogP) is 3.70. The summed E-state index contributed by atoms with van der Waals surface area (Å²) in [6.07, 6.45) is 1.11. The van der Waals surface area contributed by atoms with E-state index in [-0.39, 0.29) is 0 Å². The zero-order valence-corrected chi connectivity index (χ0v) is 11.8. The second kappa shape index (κ2) is 7.57. The van der Waals surface area contributed by atoms with Gasteiger partial charge in [0.2, 0.25) is 0 Å². The van der Waals surface area contributed by atoms with E-state index in [1.165, 1.54) is 5.56 Å². The van der Waals surface area contributed by atoms with Gasteiger partial charge in [-0.05, 0) is 44.0 Å². The molecule has 2 nitrogen and oxygen atoms in total. The lowest BCUT2D eigenvalue weighted by Gasteiger charge is -2.12. The molecule has 17 heavy (non-hydrogen) atoms. The first-order valence-electron chi connectivity index (χ1n) is 6.31. The molecule has 2 N–H and O–H groups in total. The van der Waals surface area contributed by atoms with Gasteiger partial charge in [-0.3, -0.25) is 0 Å². The summed E-state index contributed by atoms with van der Waals surface area (Å²) in [4.78, 5) is 0. The molecule has 0 bridgehead atoms. The summed E-state index contributed by atoms with van der Waals surface area (Å²) in [6.45, 7) is 9.61. The van der Waals surface area contributed by atoms with Crippen LogP contribution in [0.2, 0.25) is 5.02 Å². The van der Waals surface area contributed by atoms with Crippen LogP contribution >= 0.6 is 11.6 Å². The largest absolute Gasteiger partial charge is 0.384 e. The molecule has 0 aliphatic rings. The van der Waals surface area contributed by atoms with Crippen molar-refractivity contribution in [2.45, 2.75) is 27.2 Å². The van der Waals surface area contributed by atoms with E-state index in [0.29, 0.717) is 5.92 Å². The molecule has 0 aliphatic carbocycles. The summed E-state index contributed by atoms with van der Waals surface area (Å²) in [6, 6.07) is 5.98. The quantitative estimate of drug-likeness (QED) is 0.725. The Morgan fingerprint density at radius 3 is 2.65 bits per heavy atom. The lowest BCUT2D eigenvalue weighted by molar-refractivity contribution is 0.547. The van der Waals surface area contributed by atoms with Crippen molar-refractivity contribution in [1.29, 1.82) is 0 Å². The van der Waals surface area contributed by atoms with Gasteiger partial charge in [-0.25, -0.2) is 0 Å². The van der Waals surface area contributed by atoms with Crippen LogP contribution in [-0.4, -0.2) is 19.6 Å². The van der Waals surface area contributed by atoms with Crippen molar-refractivity contribution in [3.8, 4) is 0 Å². The zero-order valence-electron chi connectivity index (χ0n) is 11.0. The third-order valence-corrected chi connectivity index (χ3v) is 2.92. The highest BCUT2D eigenvalue weighted by molar-refractivity contribution is 6.33. The number of benzene rings is 1. The monoisotopic (exact) mass is 254 g/mol. The Kier molecular flexibility index (Phi) is 6.38. The topological polar surface area (TPSA) is 24.1 Å². The van der Waals surface area contributed by atoms with Crippen LogP contribution in [0.15, 0.2) is 18.2 Å². The third kappa shape index (κ3) is 5.42. The zero-order chi connectivity index (χ0) is 12.7. The van der Waals surface area contributed by atoms with Crippen molar-refractivity contribution in [1.82, 2.24) is 5.32 Å². The van der Waals surface area contributed by atoms with E-state index < -0.39 is 0 Å². The van der Waals surface area contributed by atoms with E-state index in [4.69, 9.17) is 11.6 Å². The highest BCUT2D eigenvalue weighted by atomic mass is 35.5. The molecule has 1 aromatic carbocycles. The minimum atomic E-state index is 0.716. The Morgan fingerprint density at radius 2 is 2.00 bits per heavy atom. The first kappa shape index (κ1) is 14.3.